The molecule has 0 spiro atoms. The van der Waals surface area contributed by atoms with Crippen LogP contribution >= 0.6 is 0 Å². The maximum atomic E-state index is 13.4. The van der Waals surface area contributed by atoms with Crippen LogP contribution in [0, 0.1) is 27.7 Å². The van der Waals surface area contributed by atoms with Gasteiger partial charge in [-0.15, -0.1) is 10.2 Å². The van der Waals surface area contributed by atoms with Gasteiger partial charge in [0.15, 0.2) is 11.1 Å². The van der Waals surface area contributed by atoms with Gasteiger partial charge in [-0.1, -0.05) is 0 Å². The molecular weight excluding hydrogens is 1020 g/mol. The molecule has 0 radical (unpaired) electrons. The highest BCUT2D eigenvalue weighted by Crippen LogP contribution is 2.38. The number of urea groups is 1. The molecule has 0 aliphatic heterocycles. The number of ether oxygens (including phenoxy) is 4. The van der Waals surface area contributed by atoms with Gasteiger partial charge in [0.1, 0.15) is 53.3 Å². The number of aromatic carboxylic acids is 2. The minimum atomic E-state index is -4.32. The normalized spacial score (nSPS) is 12.1. The van der Waals surface area contributed by atoms with E-state index in [-0.39, 0.29) is 46.4 Å². The van der Waals surface area contributed by atoms with Gasteiger partial charge >= 0.3 is 18.0 Å². The lowest BCUT2D eigenvalue weighted by atomic mass is 10.1. The highest BCUT2D eigenvalue weighted by molar-refractivity contribution is 7.85. The average Bonchev–Trinajstić information content (AvgIpc) is 3.35. The third kappa shape index (κ3) is 15.8. The van der Waals surface area contributed by atoms with Crippen LogP contribution in [0.25, 0.3) is 0 Å². The van der Waals surface area contributed by atoms with Crippen LogP contribution in [-0.2, 0) is 21.2 Å². The monoisotopic (exact) mass is 1060 g/mol. The summed E-state index contributed by atoms with van der Waals surface area (Å²) in [6, 6.07) is 23.9. The van der Waals surface area contributed by atoms with Crippen LogP contribution < -0.4 is 29.6 Å². The number of carbonyl (C=O) groups is 3. The molecule has 26 heteroatoms. The molecule has 390 valence electrons. The molecule has 0 bridgehead atoms. The van der Waals surface area contributed by atoms with Crippen molar-refractivity contribution in [3.63, 3.8) is 0 Å². The number of anilines is 2. The minimum Gasteiger partial charge on any atom is -0.494 e. The van der Waals surface area contributed by atoms with E-state index in [1.165, 1.54) is 50.6 Å². The lowest BCUT2D eigenvalue weighted by Crippen LogP contribution is -2.20. The number of hydrogen-bond donors (Lipinski definition) is 6. The summed E-state index contributed by atoms with van der Waals surface area (Å²) < 4.78 is 73.6. The molecule has 6 N–H and O–H groups in total. The number of aryl methyl sites for hydroxylation is 4. The molecule has 1 unspecified atom stereocenters. The fourth-order valence-electron chi connectivity index (χ4n) is 6.62. The number of hydrogen-bond acceptors (Lipinski definition) is 18. The number of carboxylic acids is 2. The van der Waals surface area contributed by atoms with Crippen molar-refractivity contribution in [1.82, 2.24) is 0 Å². The Kier molecular flexibility index (Phi) is 18.6. The number of amides is 2. The molecule has 6 aromatic carbocycles. The predicted molar refractivity (Wildman–Crippen MR) is 277 cm³/mol. The number of rotatable bonds is 22. The Labute approximate surface area is 431 Å². The van der Waals surface area contributed by atoms with Crippen LogP contribution in [0.3, 0.4) is 0 Å². The fraction of sp³-hybridized carbons (Fsp3) is 0.204. The van der Waals surface area contributed by atoms with Crippen LogP contribution in [0.15, 0.2) is 138 Å². The second kappa shape index (κ2) is 25.2. The van der Waals surface area contributed by atoms with Gasteiger partial charge in [0.25, 0.3) is 10.1 Å². The Morgan fingerprint density at radius 1 is 0.520 bits per heavy atom. The van der Waals surface area contributed by atoms with Crippen LogP contribution in [-0.4, -0.2) is 88.9 Å². The van der Waals surface area contributed by atoms with Crippen molar-refractivity contribution >= 4 is 96.0 Å². The van der Waals surface area contributed by atoms with Crippen LogP contribution in [0.4, 0.5) is 61.7 Å². The van der Waals surface area contributed by atoms with Gasteiger partial charge in [0.2, 0.25) is 0 Å². The highest BCUT2D eigenvalue weighted by atomic mass is 32.2. The second-order valence-electron chi connectivity index (χ2n) is 16.0. The van der Waals surface area contributed by atoms with Gasteiger partial charge in [-0.25, -0.2) is 18.6 Å². The Morgan fingerprint density at radius 3 is 1.29 bits per heavy atom. The topological polar surface area (TPSA) is 343 Å². The van der Waals surface area contributed by atoms with E-state index in [4.69, 9.17) is 28.1 Å². The van der Waals surface area contributed by atoms with Crippen molar-refractivity contribution in [3.05, 3.63) is 130 Å². The number of methoxy groups -OCH3 is 2. The van der Waals surface area contributed by atoms with Crippen molar-refractivity contribution in [3.8, 4) is 23.0 Å². The number of benzene rings is 6. The molecule has 2 amide bonds. The van der Waals surface area contributed by atoms with Gasteiger partial charge in [0.05, 0.1) is 76.6 Å². The summed E-state index contributed by atoms with van der Waals surface area (Å²) in [7, 11) is -1.44. The summed E-state index contributed by atoms with van der Waals surface area (Å²) in [5.41, 5.74) is 6.34. The number of azo groups is 4. The van der Waals surface area contributed by atoms with E-state index in [9.17, 15) is 37.2 Å². The number of nitrogens with one attached hydrogen (secondary N) is 2. The maximum Gasteiger partial charge on any atom is 0.335 e. The Bertz CT molecular complexity index is 3420. The van der Waals surface area contributed by atoms with Gasteiger partial charge in [-0.2, -0.15) is 39.1 Å². The molecule has 0 aliphatic rings. The first-order chi connectivity index (χ1) is 35.7. The van der Waals surface area contributed by atoms with Crippen LogP contribution in [0.5, 0.6) is 23.0 Å². The highest BCUT2D eigenvalue weighted by Gasteiger charge is 2.17. The van der Waals surface area contributed by atoms with E-state index in [0.717, 1.165) is 0 Å². The quantitative estimate of drug-likeness (QED) is 0.0209. The van der Waals surface area contributed by atoms with E-state index in [1.54, 1.807) is 88.4 Å². The van der Waals surface area contributed by atoms with Gasteiger partial charge in [-0.3, -0.25) is 4.55 Å². The average molecular weight is 1070 g/mol. The molecule has 0 saturated carbocycles. The summed E-state index contributed by atoms with van der Waals surface area (Å²) >= 11 is -2.10. The third-order valence-corrected chi connectivity index (χ3v) is 11.7. The number of carboxylic acid groups (broad SMARTS) is 2. The van der Waals surface area contributed by atoms with E-state index in [0.29, 0.717) is 79.3 Å². The van der Waals surface area contributed by atoms with Gasteiger partial charge < -0.3 is 44.3 Å². The van der Waals surface area contributed by atoms with Crippen LogP contribution in [0.1, 0.15) is 43.0 Å². The Hall–Kier alpha value is -8.85. The molecule has 0 aliphatic carbocycles. The molecule has 0 heterocycles. The fourth-order valence-corrected chi connectivity index (χ4v) is 7.14. The number of nitrogens with zero attached hydrogens (tertiary/aromatic N) is 8. The van der Waals surface area contributed by atoms with Crippen molar-refractivity contribution in [2.24, 2.45) is 40.9 Å². The third-order valence-electron chi connectivity index (χ3n) is 10.5. The molecule has 6 aromatic rings. The molecule has 24 nitrogen and oxygen atoms in total. The summed E-state index contributed by atoms with van der Waals surface area (Å²) in [6.45, 7) is 6.56. The van der Waals surface area contributed by atoms with Crippen LogP contribution in [0.2, 0.25) is 0 Å². The number of carbonyl (C=O) groups excluding carboxylic acids is 1. The molecule has 0 aromatic heterocycles. The summed E-state index contributed by atoms with van der Waals surface area (Å²) in [5.74, 6) is -2.69. The van der Waals surface area contributed by atoms with Crippen molar-refractivity contribution in [1.29, 1.82) is 0 Å². The second-order valence-corrected chi connectivity index (χ2v) is 18.6. The summed E-state index contributed by atoms with van der Waals surface area (Å²) in [4.78, 5) is 36.4. The Morgan fingerprint density at radius 2 is 0.907 bits per heavy atom. The molecule has 1 atom stereocenters. The molecule has 6 rings (SSSR count). The lowest BCUT2D eigenvalue weighted by molar-refractivity contribution is 0.0685. The van der Waals surface area contributed by atoms with E-state index in [1.807, 2.05) is 0 Å². The first kappa shape index (κ1) is 55.5. The Balaban J connectivity index is 1.09. The largest absolute Gasteiger partial charge is 0.494 e. The van der Waals surface area contributed by atoms with Crippen molar-refractivity contribution in [2.45, 2.75) is 27.7 Å². The van der Waals surface area contributed by atoms with E-state index < -0.39 is 51.5 Å². The van der Waals surface area contributed by atoms with Crippen molar-refractivity contribution in [2.75, 3.05) is 49.6 Å². The molecule has 75 heavy (non-hydrogen) atoms. The zero-order chi connectivity index (χ0) is 54.4. The lowest BCUT2D eigenvalue weighted by Gasteiger charge is -2.15. The predicted octanol–water partition coefficient (Wildman–Crippen LogP) is 12.5. The summed E-state index contributed by atoms with van der Waals surface area (Å²) in [6.07, 6.45) is 0. The SMILES string of the molecule is COc1cc(N=Nc2ccc(N=Nc3ccc(C(=O)O)cc3OCCS(=O)(=O)O)cc2C)c(C)cc1NC(=O)Nc1cc(C)c(/N=N\c2ccc(N=Nc3ccc(C(=O)O)cc3OCCS(=O)O)cc2C)cc1OC. The van der Waals surface area contributed by atoms with E-state index in [2.05, 4.69) is 51.5 Å². The molecule has 0 saturated heterocycles. The maximum absolute atomic E-state index is 13.4. The van der Waals surface area contributed by atoms with E-state index >= 15 is 0 Å². The first-order valence-electron chi connectivity index (χ1n) is 22.1. The standard InChI is InChI=1S/C49H48N10O14S2/c1-27-19-33(52-56-37-11-7-31(47(60)61)23-45(37)72-15-17-74(65)66)9-13-35(27)54-58-39-25-43(70-5)41(21-29(39)3)50-49(64)51-42-22-30(4)40(26-44(42)71-6)59-55-36-14-10-34(20-28(36)2)53-57-38-12-8-32(48(62)63)24-46(38)73-16-18-75(67,68)69/h7-14,19-26H,15-18H2,1-6H3,(H,60,61)(H,62,63)(H,65,66)(H2,50,51,64)(H,67,68,69)/b56-52?,57-53?,58-54-,59-55?. The summed E-state index contributed by atoms with van der Waals surface area (Å²) in [5, 5.41) is 58.9. The smallest absolute Gasteiger partial charge is 0.335 e. The molecule has 0 fully saturated rings. The zero-order valence-corrected chi connectivity index (χ0v) is 42.5. The minimum absolute atomic E-state index is 0.0471. The molecular formula is C49H48N10O14S2. The first-order valence-corrected chi connectivity index (χ1v) is 24.9. The zero-order valence-electron chi connectivity index (χ0n) is 40.8. The van der Waals surface area contributed by atoms with Gasteiger partial charge in [-0.05, 0) is 135 Å². The van der Waals surface area contributed by atoms with Crippen molar-refractivity contribution < 1.29 is 65.3 Å². The van der Waals surface area contributed by atoms with Gasteiger partial charge in [0, 0.05) is 12.1 Å².